The smallest absolute Gasteiger partial charge is 0.283 e. The lowest BCUT2D eigenvalue weighted by atomic mass is 9.99. The summed E-state index contributed by atoms with van der Waals surface area (Å²) >= 11 is 0. The van der Waals surface area contributed by atoms with E-state index in [0.29, 0.717) is 0 Å². The maximum absolute atomic E-state index is 9.19. The van der Waals surface area contributed by atoms with Crippen molar-refractivity contribution < 1.29 is 17.8 Å². The van der Waals surface area contributed by atoms with Crippen molar-refractivity contribution in [2.45, 2.75) is 181 Å². The second-order valence-corrected chi connectivity index (χ2v) is 13.3. The maximum atomic E-state index is 9.19. The van der Waals surface area contributed by atoms with E-state index in [1.165, 1.54) is 167 Å². The predicted molar refractivity (Wildman–Crippen MR) is 175 cm³/mol. The Hall–Kier alpha value is -0.940. The lowest BCUT2D eigenvalue weighted by Gasteiger charge is -2.06. The van der Waals surface area contributed by atoms with Gasteiger partial charge in [0.15, 0.2) is 0 Å². The van der Waals surface area contributed by atoms with Gasteiger partial charge in [-0.1, -0.05) is 167 Å². The minimum Gasteiger partial charge on any atom is -0.283 e. The minimum atomic E-state index is -4.34. The Kier molecular flexibility index (Phi) is 28.9. The van der Waals surface area contributed by atoms with Crippen molar-refractivity contribution in [3.63, 3.8) is 0 Å². The first-order valence-electron chi connectivity index (χ1n) is 17.2. The van der Waals surface area contributed by atoms with Crippen molar-refractivity contribution in [3.05, 3.63) is 24.3 Å². The van der Waals surface area contributed by atoms with E-state index in [-0.39, 0.29) is 0 Å². The van der Waals surface area contributed by atoms with Gasteiger partial charge in [0.25, 0.3) is 5.62 Å². The average Bonchev–Trinajstić information content (AvgIpc) is 3.66. The molecule has 4 nitrogen and oxygen atoms in total. The van der Waals surface area contributed by atoms with Crippen molar-refractivity contribution in [1.82, 2.24) is 0 Å². The first kappa shape index (κ1) is 39.1. The fourth-order valence-corrected chi connectivity index (χ4v) is 5.66. The summed E-state index contributed by atoms with van der Waals surface area (Å²) in [6, 6.07) is 0. The molecule has 0 fully saturated rings. The van der Waals surface area contributed by atoms with E-state index in [0.717, 1.165) is 11.8 Å². The number of unbranched alkanes of at least 4 members (excludes halogenated alkanes) is 18. The molecular formula is C35H66O4S. The van der Waals surface area contributed by atoms with E-state index in [1.807, 2.05) is 0 Å². The summed E-state index contributed by atoms with van der Waals surface area (Å²) in [4.78, 5) is 8.99. The number of allylic oxidation sites excluding steroid dienone is 4. The zero-order chi connectivity index (χ0) is 29.6. The summed E-state index contributed by atoms with van der Waals surface area (Å²) in [7, 11) is -4.34. The van der Waals surface area contributed by atoms with Gasteiger partial charge >= 0.3 is 10.1 Å². The topological polar surface area (TPSA) is 71.4 Å². The third-order valence-corrected chi connectivity index (χ3v) is 8.45. The van der Waals surface area contributed by atoms with Crippen LogP contribution < -0.4 is 0 Å². The normalized spacial score (nSPS) is 17.8. The Morgan fingerprint density at radius 3 is 1.07 bits per heavy atom. The predicted octanol–water partition coefficient (Wildman–Crippen LogP) is 11.6. The lowest BCUT2D eigenvalue weighted by Crippen LogP contribution is -1.94. The molecule has 2 aliphatic rings. The lowest BCUT2D eigenvalue weighted by molar-refractivity contribution is 0.487. The average molecular weight is 583 g/mol. The SMILES string of the molecule is CCCCCCCCCCCCC1C=CCC1.CCCCCCCCCCCCC1C=CCC1.O=CS(=O)(=O)O. The minimum absolute atomic E-state index is 0.535. The highest BCUT2D eigenvalue weighted by Crippen LogP contribution is 2.24. The van der Waals surface area contributed by atoms with E-state index >= 15 is 0 Å². The van der Waals surface area contributed by atoms with Gasteiger partial charge in [0.2, 0.25) is 0 Å². The third-order valence-electron chi connectivity index (χ3n) is 8.20. The number of carbonyl (C=O) groups is 1. The second-order valence-electron chi connectivity index (χ2n) is 12.1. The summed E-state index contributed by atoms with van der Waals surface area (Å²) < 4.78 is 25.8. The monoisotopic (exact) mass is 582 g/mol. The Morgan fingerprint density at radius 2 is 0.850 bits per heavy atom. The van der Waals surface area contributed by atoms with E-state index < -0.39 is 15.7 Å². The third kappa shape index (κ3) is 30.0. The van der Waals surface area contributed by atoms with Crippen molar-refractivity contribution in [2.24, 2.45) is 11.8 Å². The van der Waals surface area contributed by atoms with Crippen LogP contribution in [-0.4, -0.2) is 18.6 Å². The Bertz CT molecular complexity index is 645. The molecule has 1 N–H and O–H groups in total. The van der Waals surface area contributed by atoms with Crippen LogP contribution in [0.25, 0.3) is 0 Å². The highest BCUT2D eigenvalue weighted by atomic mass is 32.2. The summed E-state index contributed by atoms with van der Waals surface area (Å²) in [6.45, 7) is 4.58. The molecule has 0 aliphatic heterocycles. The molecule has 5 heteroatoms. The molecule has 2 rings (SSSR count). The Morgan fingerprint density at radius 1 is 0.575 bits per heavy atom. The first-order chi connectivity index (χ1) is 19.4. The zero-order valence-electron chi connectivity index (χ0n) is 26.5. The molecular weight excluding hydrogens is 516 g/mol. The van der Waals surface area contributed by atoms with Crippen LogP contribution in [0.1, 0.15) is 181 Å². The van der Waals surface area contributed by atoms with Gasteiger partial charge in [0.05, 0.1) is 0 Å². The van der Waals surface area contributed by atoms with Crippen molar-refractivity contribution in [1.29, 1.82) is 0 Å². The highest BCUT2D eigenvalue weighted by molar-refractivity contribution is 7.99. The van der Waals surface area contributed by atoms with Crippen molar-refractivity contribution in [2.75, 3.05) is 0 Å². The van der Waals surface area contributed by atoms with Gasteiger partial charge in [-0.2, -0.15) is 8.42 Å². The molecule has 0 amide bonds. The van der Waals surface area contributed by atoms with Gasteiger partial charge in [-0.25, -0.2) is 0 Å². The largest absolute Gasteiger partial charge is 0.325 e. The van der Waals surface area contributed by atoms with Crippen molar-refractivity contribution in [3.8, 4) is 0 Å². The van der Waals surface area contributed by atoms with Crippen LogP contribution in [-0.2, 0) is 14.9 Å². The summed E-state index contributed by atoms with van der Waals surface area (Å²) in [5.74, 6) is 1.87. The molecule has 0 spiro atoms. The van der Waals surface area contributed by atoms with Crippen LogP contribution in [0.4, 0.5) is 0 Å². The number of carbonyl (C=O) groups excluding carboxylic acids is 1. The maximum Gasteiger partial charge on any atom is 0.325 e. The first-order valence-corrected chi connectivity index (χ1v) is 18.7. The van der Waals surface area contributed by atoms with Crippen LogP contribution in [0.3, 0.4) is 0 Å². The summed E-state index contributed by atoms with van der Waals surface area (Å²) in [5.41, 5.74) is -0.535. The molecule has 40 heavy (non-hydrogen) atoms. The van der Waals surface area contributed by atoms with Gasteiger partial charge in [-0.05, 0) is 50.4 Å². The van der Waals surface area contributed by atoms with Crippen LogP contribution in [0, 0.1) is 11.8 Å². The fourth-order valence-electron chi connectivity index (χ4n) is 5.66. The Labute approximate surface area is 250 Å². The molecule has 0 saturated carbocycles. The molecule has 2 atom stereocenters. The van der Waals surface area contributed by atoms with Gasteiger partial charge in [0.1, 0.15) is 0 Å². The van der Waals surface area contributed by atoms with Crippen LogP contribution in [0.5, 0.6) is 0 Å². The van der Waals surface area contributed by atoms with E-state index in [1.54, 1.807) is 0 Å². The van der Waals surface area contributed by atoms with Crippen LogP contribution in [0.2, 0.25) is 0 Å². The fraction of sp³-hybridized carbons (Fsp3) is 0.857. The highest BCUT2D eigenvalue weighted by Gasteiger charge is 2.08. The van der Waals surface area contributed by atoms with E-state index in [9.17, 15) is 8.42 Å². The molecule has 0 heterocycles. The summed E-state index contributed by atoms with van der Waals surface area (Å²) in [6.07, 6.45) is 47.2. The molecule has 0 aromatic carbocycles. The van der Waals surface area contributed by atoms with Crippen LogP contribution >= 0.6 is 0 Å². The molecule has 0 radical (unpaired) electrons. The Balaban J connectivity index is 0.000000634. The van der Waals surface area contributed by atoms with E-state index in [2.05, 4.69) is 38.2 Å². The molecule has 236 valence electrons. The van der Waals surface area contributed by atoms with Gasteiger partial charge in [0, 0.05) is 0 Å². The van der Waals surface area contributed by atoms with Gasteiger partial charge in [-0.15, -0.1) is 0 Å². The molecule has 0 aromatic heterocycles. The standard InChI is InChI=1S/2C17H32.CH2O4S/c2*1-2-3-4-5-6-7-8-9-10-11-14-17-15-12-13-16-17;2-1-6(3,4)5/h2*12,15,17H,2-11,13-14,16H2,1H3;1H,(H,3,4,5). The zero-order valence-corrected chi connectivity index (χ0v) is 27.3. The second kappa shape index (κ2) is 29.5. The van der Waals surface area contributed by atoms with Crippen LogP contribution in [0.15, 0.2) is 24.3 Å². The molecule has 0 aromatic rings. The number of rotatable bonds is 23. The summed E-state index contributed by atoms with van der Waals surface area (Å²) in [5, 5.41) is 0. The van der Waals surface area contributed by atoms with E-state index in [4.69, 9.17) is 9.35 Å². The number of hydrogen-bond donors (Lipinski definition) is 1. The van der Waals surface area contributed by atoms with Gasteiger partial charge < -0.3 is 0 Å². The molecule has 2 aliphatic carbocycles. The molecule has 0 bridgehead atoms. The molecule has 0 saturated heterocycles. The number of hydrogen-bond acceptors (Lipinski definition) is 3. The van der Waals surface area contributed by atoms with Crippen molar-refractivity contribution >= 4 is 15.7 Å². The quantitative estimate of drug-likeness (QED) is 0.0563. The van der Waals surface area contributed by atoms with Gasteiger partial charge in [-0.3, -0.25) is 9.35 Å². The molecule has 2 unspecified atom stereocenters.